The van der Waals surface area contributed by atoms with Crippen LogP contribution in [0.2, 0.25) is 0 Å². The maximum absolute atomic E-state index is 11.1. The van der Waals surface area contributed by atoms with Gasteiger partial charge < -0.3 is 17.2 Å². The van der Waals surface area contributed by atoms with Gasteiger partial charge in [0.05, 0.1) is 5.70 Å². The van der Waals surface area contributed by atoms with Crippen LogP contribution in [0.5, 0.6) is 0 Å². The summed E-state index contributed by atoms with van der Waals surface area (Å²) in [6, 6.07) is 0. The zero-order chi connectivity index (χ0) is 9.46. The molecule has 0 aromatic carbocycles. The standard InChI is InChI=1S/C6H8N3O2P/c7-1-2(8)5(11)6(12)3(9)4(1)10/h7-9,12H2. The Hall–Kier alpha value is -1.35. The smallest absolute Gasteiger partial charge is 0.227 e. The first-order chi connectivity index (χ1) is 5.46. The van der Waals surface area contributed by atoms with Crippen LogP contribution in [0.4, 0.5) is 0 Å². The molecule has 1 rings (SSSR count). The molecule has 0 bridgehead atoms. The number of ketones is 2. The molecule has 6 heteroatoms. The van der Waals surface area contributed by atoms with Crippen molar-refractivity contribution in [1.29, 1.82) is 0 Å². The Labute approximate surface area is 70.9 Å². The molecule has 12 heavy (non-hydrogen) atoms. The van der Waals surface area contributed by atoms with Gasteiger partial charge >= 0.3 is 0 Å². The third-order valence-corrected chi connectivity index (χ3v) is 2.13. The second-order valence-corrected chi connectivity index (χ2v) is 2.89. The molecule has 0 heterocycles. The Kier molecular flexibility index (Phi) is 1.90. The molecular weight excluding hydrogens is 177 g/mol. The molecule has 0 aromatic rings. The van der Waals surface area contributed by atoms with E-state index in [0.29, 0.717) is 0 Å². The van der Waals surface area contributed by atoms with Crippen LogP contribution >= 0.6 is 9.24 Å². The lowest BCUT2D eigenvalue weighted by Gasteiger charge is -2.13. The molecule has 6 N–H and O–H groups in total. The summed E-state index contributed by atoms with van der Waals surface area (Å²) >= 11 is 0. The number of nitrogens with two attached hydrogens (primary N) is 3. The van der Waals surface area contributed by atoms with Crippen molar-refractivity contribution in [3.63, 3.8) is 0 Å². The highest BCUT2D eigenvalue weighted by Crippen LogP contribution is 2.20. The van der Waals surface area contributed by atoms with E-state index >= 15 is 0 Å². The normalized spacial score (nSPS) is 19.1. The zero-order valence-electron chi connectivity index (χ0n) is 6.13. The van der Waals surface area contributed by atoms with Gasteiger partial charge in [-0.1, -0.05) is 9.24 Å². The molecule has 0 amide bonds. The summed E-state index contributed by atoms with van der Waals surface area (Å²) in [5.41, 5.74) is 15.1. The van der Waals surface area contributed by atoms with E-state index in [1.54, 1.807) is 0 Å². The predicted molar refractivity (Wildman–Crippen MR) is 46.3 cm³/mol. The van der Waals surface area contributed by atoms with E-state index in [1.165, 1.54) is 0 Å². The van der Waals surface area contributed by atoms with Gasteiger partial charge in [0.1, 0.15) is 11.4 Å². The van der Waals surface area contributed by atoms with Gasteiger partial charge in [-0.3, -0.25) is 9.59 Å². The summed E-state index contributed by atoms with van der Waals surface area (Å²) in [6.07, 6.45) is 0. The van der Waals surface area contributed by atoms with Crippen molar-refractivity contribution < 1.29 is 9.59 Å². The van der Waals surface area contributed by atoms with E-state index < -0.39 is 11.6 Å². The Morgan fingerprint density at radius 2 is 1.25 bits per heavy atom. The minimum atomic E-state index is -0.586. The summed E-state index contributed by atoms with van der Waals surface area (Å²) in [6.45, 7) is 0. The molecule has 0 aliphatic heterocycles. The lowest BCUT2D eigenvalue weighted by Crippen LogP contribution is -2.33. The van der Waals surface area contributed by atoms with Crippen molar-refractivity contribution >= 4 is 20.8 Å². The fourth-order valence-electron chi connectivity index (χ4n) is 0.779. The van der Waals surface area contributed by atoms with E-state index in [-0.39, 0.29) is 22.4 Å². The molecule has 1 atom stereocenters. The minimum absolute atomic E-state index is 0.0756. The largest absolute Gasteiger partial charge is 0.395 e. The number of rotatable bonds is 0. The summed E-state index contributed by atoms with van der Waals surface area (Å²) in [5.74, 6) is -1.09. The van der Waals surface area contributed by atoms with Crippen LogP contribution < -0.4 is 17.2 Å². The molecule has 1 aliphatic carbocycles. The lowest BCUT2D eigenvalue weighted by molar-refractivity contribution is -0.116. The van der Waals surface area contributed by atoms with E-state index in [1.807, 2.05) is 0 Å². The van der Waals surface area contributed by atoms with Crippen molar-refractivity contribution in [2.24, 2.45) is 17.2 Å². The maximum atomic E-state index is 11.1. The van der Waals surface area contributed by atoms with Gasteiger partial charge in [-0.15, -0.1) is 0 Å². The first-order valence-corrected chi connectivity index (χ1v) is 3.64. The van der Waals surface area contributed by atoms with Gasteiger partial charge in [0, 0.05) is 5.31 Å². The SMILES string of the molecule is NC1=C(N)C(=O)C(P)=C(N)C1=O. The van der Waals surface area contributed by atoms with Crippen LogP contribution in [0.25, 0.3) is 0 Å². The van der Waals surface area contributed by atoms with Crippen molar-refractivity contribution in [2.45, 2.75) is 0 Å². The second kappa shape index (κ2) is 2.60. The number of allylic oxidation sites excluding steroid dienone is 1. The number of carbonyl (C=O) groups is 2. The fourth-order valence-corrected chi connectivity index (χ4v) is 1.07. The van der Waals surface area contributed by atoms with Crippen LogP contribution in [-0.4, -0.2) is 11.6 Å². The number of hydrogen-bond acceptors (Lipinski definition) is 5. The number of hydrogen-bond donors (Lipinski definition) is 3. The van der Waals surface area contributed by atoms with Crippen molar-refractivity contribution in [2.75, 3.05) is 0 Å². The van der Waals surface area contributed by atoms with Gasteiger partial charge in [0.25, 0.3) is 0 Å². The third-order valence-electron chi connectivity index (χ3n) is 1.56. The monoisotopic (exact) mass is 185 g/mol. The Bertz CT molecular complexity index is 281. The Morgan fingerprint density at radius 3 is 1.75 bits per heavy atom. The van der Waals surface area contributed by atoms with E-state index in [0.717, 1.165) is 0 Å². The van der Waals surface area contributed by atoms with Crippen LogP contribution in [0.3, 0.4) is 0 Å². The highest BCUT2D eigenvalue weighted by Gasteiger charge is 2.27. The highest BCUT2D eigenvalue weighted by atomic mass is 31.0. The zero-order valence-corrected chi connectivity index (χ0v) is 7.28. The van der Waals surface area contributed by atoms with Gasteiger partial charge in [0.2, 0.25) is 11.6 Å². The maximum Gasteiger partial charge on any atom is 0.227 e. The molecule has 0 saturated carbocycles. The van der Waals surface area contributed by atoms with Gasteiger partial charge in [-0.05, 0) is 0 Å². The highest BCUT2D eigenvalue weighted by molar-refractivity contribution is 7.25. The second-order valence-electron chi connectivity index (χ2n) is 2.31. The van der Waals surface area contributed by atoms with Crippen molar-refractivity contribution in [1.82, 2.24) is 0 Å². The van der Waals surface area contributed by atoms with Gasteiger partial charge in [-0.25, -0.2) is 0 Å². The molecule has 0 spiro atoms. The summed E-state index contributed by atoms with van der Waals surface area (Å²) in [5, 5.41) is 0.0756. The third kappa shape index (κ3) is 0.987. The average Bonchev–Trinajstić information content (AvgIpc) is 2.08. The first kappa shape index (κ1) is 8.74. The van der Waals surface area contributed by atoms with E-state index in [2.05, 4.69) is 9.24 Å². The summed E-state index contributed by atoms with van der Waals surface area (Å²) < 4.78 is 0. The Balaban J connectivity index is 3.32. The topological polar surface area (TPSA) is 112 Å². The predicted octanol–water partition coefficient (Wildman–Crippen LogP) is -1.69. The summed E-state index contributed by atoms with van der Waals surface area (Å²) in [7, 11) is 2.06. The van der Waals surface area contributed by atoms with Crippen LogP contribution in [0.15, 0.2) is 22.4 Å². The Morgan fingerprint density at radius 1 is 0.833 bits per heavy atom. The van der Waals surface area contributed by atoms with E-state index in [4.69, 9.17) is 17.2 Å². The van der Waals surface area contributed by atoms with Crippen LogP contribution in [0.1, 0.15) is 0 Å². The van der Waals surface area contributed by atoms with Gasteiger partial charge in [0.15, 0.2) is 0 Å². The molecule has 0 fully saturated rings. The lowest BCUT2D eigenvalue weighted by atomic mass is 10.0. The van der Waals surface area contributed by atoms with E-state index in [9.17, 15) is 9.59 Å². The summed E-state index contributed by atoms with van der Waals surface area (Å²) in [4.78, 5) is 22.2. The van der Waals surface area contributed by atoms with Crippen LogP contribution in [0, 0.1) is 0 Å². The quantitative estimate of drug-likeness (QED) is 0.308. The molecule has 0 radical (unpaired) electrons. The molecule has 1 aliphatic rings. The molecule has 1 unspecified atom stereocenters. The minimum Gasteiger partial charge on any atom is -0.395 e. The van der Waals surface area contributed by atoms with Crippen LogP contribution in [-0.2, 0) is 9.59 Å². The van der Waals surface area contributed by atoms with Crippen molar-refractivity contribution in [3.8, 4) is 0 Å². The molecular formula is C6H8N3O2P. The number of Topliss-reactive ketones (excluding diaryl/α,β-unsaturated/α-hetero) is 2. The molecule has 0 saturated heterocycles. The fraction of sp³-hybridized carbons (Fsp3) is 0. The first-order valence-electron chi connectivity index (χ1n) is 3.06. The number of carbonyl (C=O) groups excluding carboxylic acids is 2. The molecule has 64 valence electrons. The van der Waals surface area contributed by atoms with Crippen molar-refractivity contribution in [3.05, 3.63) is 22.4 Å². The molecule has 5 nitrogen and oxygen atoms in total. The average molecular weight is 185 g/mol. The van der Waals surface area contributed by atoms with Gasteiger partial charge in [-0.2, -0.15) is 0 Å². The molecule has 0 aromatic heterocycles.